The van der Waals surface area contributed by atoms with Gasteiger partial charge in [-0.05, 0) is 12.0 Å². The predicted molar refractivity (Wildman–Crippen MR) is 50.6 cm³/mol. The van der Waals surface area contributed by atoms with Crippen LogP contribution in [-0.4, -0.2) is 44.8 Å². The van der Waals surface area contributed by atoms with Crippen molar-refractivity contribution in [1.29, 1.82) is 0 Å². The van der Waals surface area contributed by atoms with Crippen LogP contribution in [0.3, 0.4) is 0 Å². The SMILES string of the molecule is CNC(=O)N1CC=C(COC)CC1. The van der Waals surface area contributed by atoms with Gasteiger partial charge in [0.2, 0.25) is 0 Å². The summed E-state index contributed by atoms with van der Waals surface area (Å²) < 4.78 is 5.02. The summed E-state index contributed by atoms with van der Waals surface area (Å²) in [5.41, 5.74) is 1.28. The lowest BCUT2D eigenvalue weighted by atomic mass is 10.1. The summed E-state index contributed by atoms with van der Waals surface area (Å²) in [6, 6.07) is -0.00674. The number of nitrogens with one attached hydrogen (secondary N) is 1. The van der Waals surface area contributed by atoms with Gasteiger partial charge in [0.1, 0.15) is 0 Å². The number of amides is 2. The largest absolute Gasteiger partial charge is 0.380 e. The molecule has 0 radical (unpaired) electrons. The van der Waals surface area contributed by atoms with Gasteiger partial charge in [-0.25, -0.2) is 4.79 Å². The maximum atomic E-state index is 11.2. The molecule has 0 saturated heterocycles. The lowest BCUT2D eigenvalue weighted by Gasteiger charge is -2.25. The summed E-state index contributed by atoms with van der Waals surface area (Å²) in [6.45, 7) is 2.16. The zero-order valence-corrected chi connectivity index (χ0v) is 8.17. The molecule has 1 N–H and O–H groups in total. The highest BCUT2D eigenvalue weighted by Crippen LogP contribution is 2.10. The van der Waals surface area contributed by atoms with E-state index < -0.39 is 0 Å². The quantitative estimate of drug-likeness (QED) is 0.639. The first kappa shape index (κ1) is 10.1. The van der Waals surface area contributed by atoms with Crippen molar-refractivity contribution in [2.75, 3.05) is 33.9 Å². The number of hydrogen-bond acceptors (Lipinski definition) is 2. The molecule has 0 aromatic heterocycles. The fourth-order valence-corrected chi connectivity index (χ4v) is 1.37. The smallest absolute Gasteiger partial charge is 0.317 e. The van der Waals surface area contributed by atoms with Crippen molar-refractivity contribution in [3.63, 3.8) is 0 Å². The van der Waals surface area contributed by atoms with Gasteiger partial charge in [0.05, 0.1) is 6.61 Å². The molecule has 0 saturated carbocycles. The van der Waals surface area contributed by atoms with E-state index in [2.05, 4.69) is 11.4 Å². The van der Waals surface area contributed by atoms with Gasteiger partial charge >= 0.3 is 6.03 Å². The van der Waals surface area contributed by atoms with E-state index in [0.717, 1.165) is 13.0 Å². The monoisotopic (exact) mass is 184 g/mol. The van der Waals surface area contributed by atoms with E-state index in [1.807, 2.05) is 0 Å². The van der Waals surface area contributed by atoms with Crippen LogP contribution in [0.5, 0.6) is 0 Å². The topological polar surface area (TPSA) is 41.6 Å². The Morgan fingerprint density at radius 3 is 3.00 bits per heavy atom. The summed E-state index contributed by atoms with van der Waals surface area (Å²) in [7, 11) is 3.34. The number of rotatable bonds is 2. The highest BCUT2D eigenvalue weighted by molar-refractivity contribution is 5.74. The Labute approximate surface area is 78.5 Å². The maximum absolute atomic E-state index is 11.2. The molecule has 0 bridgehead atoms. The normalized spacial score (nSPS) is 16.8. The highest BCUT2D eigenvalue weighted by Gasteiger charge is 2.14. The molecule has 1 aliphatic rings. The summed E-state index contributed by atoms with van der Waals surface area (Å²) >= 11 is 0. The molecule has 0 aliphatic carbocycles. The molecule has 74 valence electrons. The summed E-state index contributed by atoms with van der Waals surface area (Å²) in [5.74, 6) is 0. The predicted octanol–water partition coefficient (Wildman–Crippen LogP) is 0.604. The second-order valence-corrected chi connectivity index (χ2v) is 3.05. The number of hydrogen-bond donors (Lipinski definition) is 1. The van der Waals surface area contributed by atoms with Gasteiger partial charge in [-0.2, -0.15) is 0 Å². The molecule has 1 aliphatic heterocycles. The Bertz CT molecular complexity index is 214. The van der Waals surface area contributed by atoms with Crippen molar-refractivity contribution in [3.8, 4) is 0 Å². The van der Waals surface area contributed by atoms with Gasteiger partial charge in [0.25, 0.3) is 0 Å². The summed E-state index contributed by atoms with van der Waals surface area (Å²) in [5, 5.41) is 2.61. The van der Waals surface area contributed by atoms with Gasteiger partial charge in [-0.15, -0.1) is 0 Å². The lowest BCUT2D eigenvalue weighted by Crippen LogP contribution is -2.40. The third-order valence-corrected chi connectivity index (χ3v) is 2.13. The van der Waals surface area contributed by atoms with Crippen LogP contribution in [0.4, 0.5) is 4.79 Å². The Hall–Kier alpha value is -1.03. The van der Waals surface area contributed by atoms with Crippen LogP contribution >= 0.6 is 0 Å². The van der Waals surface area contributed by atoms with Crippen LogP contribution in [0.1, 0.15) is 6.42 Å². The molecule has 0 atom stereocenters. The fourth-order valence-electron chi connectivity index (χ4n) is 1.37. The molecule has 4 heteroatoms. The van der Waals surface area contributed by atoms with E-state index in [9.17, 15) is 4.79 Å². The van der Waals surface area contributed by atoms with Gasteiger partial charge in [-0.1, -0.05) is 6.08 Å². The minimum atomic E-state index is -0.00674. The zero-order valence-electron chi connectivity index (χ0n) is 8.17. The second-order valence-electron chi connectivity index (χ2n) is 3.05. The van der Waals surface area contributed by atoms with Gasteiger partial charge in [0.15, 0.2) is 0 Å². The number of methoxy groups -OCH3 is 1. The molecular formula is C9H16N2O2. The van der Waals surface area contributed by atoms with E-state index in [4.69, 9.17) is 4.74 Å². The maximum Gasteiger partial charge on any atom is 0.317 e. The van der Waals surface area contributed by atoms with Crippen LogP contribution < -0.4 is 5.32 Å². The Morgan fingerprint density at radius 2 is 2.54 bits per heavy atom. The molecular weight excluding hydrogens is 168 g/mol. The van der Waals surface area contributed by atoms with Crippen LogP contribution in [0.25, 0.3) is 0 Å². The van der Waals surface area contributed by atoms with Crippen molar-refractivity contribution < 1.29 is 9.53 Å². The molecule has 0 spiro atoms. The van der Waals surface area contributed by atoms with Crippen molar-refractivity contribution in [1.82, 2.24) is 10.2 Å². The van der Waals surface area contributed by atoms with Crippen molar-refractivity contribution >= 4 is 6.03 Å². The molecule has 0 aromatic rings. The van der Waals surface area contributed by atoms with Gasteiger partial charge < -0.3 is 15.0 Å². The average Bonchev–Trinajstić information content (AvgIpc) is 2.18. The van der Waals surface area contributed by atoms with Crippen molar-refractivity contribution in [3.05, 3.63) is 11.6 Å². The molecule has 0 unspecified atom stereocenters. The molecule has 0 aromatic carbocycles. The first-order valence-electron chi connectivity index (χ1n) is 4.41. The van der Waals surface area contributed by atoms with E-state index in [1.54, 1.807) is 19.1 Å². The fraction of sp³-hybridized carbons (Fsp3) is 0.667. The zero-order chi connectivity index (χ0) is 9.68. The van der Waals surface area contributed by atoms with Gasteiger partial charge in [-0.3, -0.25) is 0 Å². The van der Waals surface area contributed by atoms with E-state index in [-0.39, 0.29) is 6.03 Å². The van der Waals surface area contributed by atoms with Crippen LogP contribution in [0.2, 0.25) is 0 Å². The number of carbonyl (C=O) groups excluding carboxylic acids is 1. The van der Waals surface area contributed by atoms with Crippen molar-refractivity contribution in [2.45, 2.75) is 6.42 Å². The van der Waals surface area contributed by atoms with E-state index in [1.165, 1.54) is 5.57 Å². The third-order valence-electron chi connectivity index (χ3n) is 2.13. The number of carbonyl (C=O) groups is 1. The second kappa shape index (κ2) is 4.87. The van der Waals surface area contributed by atoms with Gasteiger partial charge in [0, 0.05) is 27.2 Å². The van der Waals surface area contributed by atoms with Crippen LogP contribution in [0, 0.1) is 0 Å². The Balaban J connectivity index is 2.41. The Kier molecular flexibility index (Phi) is 3.76. The first-order valence-corrected chi connectivity index (χ1v) is 4.41. The molecule has 2 amide bonds. The molecule has 1 heterocycles. The van der Waals surface area contributed by atoms with Crippen LogP contribution in [-0.2, 0) is 4.74 Å². The summed E-state index contributed by atoms with van der Waals surface area (Å²) in [6.07, 6.45) is 2.98. The standard InChI is InChI=1S/C9H16N2O2/c1-10-9(12)11-5-3-8(4-6-11)7-13-2/h3H,4-7H2,1-2H3,(H,10,12). The molecule has 0 fully saturated rings. The third kappa shape index (κ3) is 2.73. The minimum Gasteiger partial charge on any atom is -0.380 e. The minimum absolute atomic E-state index is 0.00674. The number of urea groups is 1. The van der Waals surface area contributed by atoms with Crippen molar-refractivity contribution in [2.24, 2.45) is 0 Å². The first-order chi connectivity index (χ1) is 6.27. The molecule has 4 nitrogen and oxygen atoms in total. The molecule has 1 rings (SSSR count). The lowest BCUT2D eigenvalue weighted by molar-refractivity contribution is 0.195. The van der Waals surface area contributed by atoms with Crippen LogP contribution in [0.15, 0.2) is 11.6 Å². The number of ether oxygens (including phenoxy) is 1. The average molecular weight is 184 g/mol. The van der Waals surface area contributed by atoms with E-state index >= 15 is 0 Å². The highest BCUT2D eigenvalue weighted by atomic mass is 16.5. The van der Waals surface area contributed by atoms with E-state index in [0.29, 0.717) is 13.2 Å². The molecule has 13 heavy (non-hydrogen) atoms. The summed E-state index contributed by atoms with van der Waals surface area (Å²) in [4.78, 5) is 13.0. The number of nitrogens with zero attached hydrogens (tertiary/aromatic N) is 1. The Morgan fingerprint density at radius 1 is 1.77 bits per heavy atom.